The number of anilines is 1. The van der Waals surface area contributed by atoms with E-state index in [1.165, 1.54) is 16.3 Å². The van der Waals surface area contributed by atoms with Crippen molar-refractivity contribution in [3.8, 4) is 0 Å². The molecule has 0 aromatic heterocycles. The third-order valence-corrected chi connectivity index (χ3v) is 1.17. The van der Waals surface area contributed by atoms with Crippen molar-refractivity contribution in [3.63, 3.8) is 0 Å². The fraction of sp³-hybridized carbons (Fsp3) is 0.250. The molecule has 0 aliphatic carbocycles. The van der Waals surface area contributed by atoms with E-state index in [0.717, 1.165) is 5.69 Å². The van der Waals surface area contributed by atoms with Gasteiger partial charge in [0, 0.05) is 14.1 Å². The first-order valence-electron chi connectivity index (χ1n) is 3.21. The maximum absolute atomic E-state index is 3.09. The Morgan fingerprint density at radius 2 is 2.00 bits per heavy atom. The van der Waals surface area contributed by atoms with Crippen LogP contribution in [0.3, 0.4) is 0 Å². The molecule has 1 nitrogen and oxygen atoms in total. The molecule has 3 heteroatoms. The number of para-hydroxylation sites is 1. The van der Waals surface area contributed by atoms with Crippen LogP contribution in [0.1, 0.15) is 0 Å². The molecule has 1 aromatic carbocycles. The molecule has 0 fully saturated rings. The van der Waals surface area contributed by atoms with Crippen molar-refractivity contribution in [1.82, 2.24) is 0 Å². The number of hydrogen-bond donors (Lipinski definition) is 0. The monoisotopic (exact) mass is 263 g/mol. The second kappa shape index (κ2) is 6.81. The summed E-state index contributed by atoms with van der Waals surface area (Å²) in [4.78, 5) is 2.03. The Kier molecular flexibility index (Phi) is 6.89. The molecule has 0 bridgehead atoms. The zero-order valence-corrected chi connectivity index (χ0v) is 11.4. The van der Waals surface area contributed by atoms with Gasteiger partial charge in [-0.2, -0.15) is 24.3 Å². The van der Waals surface area contributed by atoms with Gasteiger partial charge in [0.05, 0.1) is 0 Å². The second-order valence-electron chi connectivity index (χ2n) is 2.14. The van der Waals surface area contributed by atoms with Crippen LogP contribution < -0.4 is 4.90 Å². The van der Waals surface area contributed by atoms with E-state index in [1.54, 1.807) is 0 Å². The van der Waals surface area contributed by atoms with E-state index in [-0.39, 0.29) is 0 Å². The Bertz CT molecular complexity index is 177. The summed E-state index contributed by atoms with van der Waals surface area (Å²) < 4.78 is 0. The van der Waals surface area contributed by atoms with E-state index in [4.69, 9.17) is 0 Å². The molecule has 0 saturated carbocycles. The van der Waals surface area contributed by atoms with Gasteiger partial charge in [0.25, 0.3) is 0 Å². The summed E-state index contributed by atoms with van der Waals surface area (Å²) in [6.07, 6.45) is 0. The van der Waals surface area contributed by atoms with Gasteiger partial charge in [-0.15, -0.1) is 6.07 Å². The molecule has 11 heavy (non-hydrogen) atoms. The van der Waals surface area contributed by atoms with Gasteiger partial charge < -0.3 is 4.90 Å². The minimum atomic E-state index is 1.12. The van der Waals surface area contributed by atoms with E-state index >= 15 is 0 Å². The van der Waals surface area contributed by atoms with E-state index in [0.29, 0.717) is 0 Å². The Balaban J connectivity index is 0.000000461. The van der Waals surface area contributed by atoms with Crippen molar-refractivity contribution in [1.29, 1.82) is 0 Å². The van der Waals surface area contributed by atoms with Gasteiger partial charge in [-0.25, -0.2) is 0 Å². The molecule has 1 rings (SSSR count). The predicted octanol–water partition coefficient (Wildman–Crippen LogP) is 2.40. The van der Waals surface area contributed by atoms with Crippen molar-refractivity contribution in [2.45, 2.75) is 0 Å². The second-order valence-corrected chi connectivity index (χ2v) is 2.14. The van der Waals surface area contributed by atoms with Crippen LogP contribution in [-0.2, 0) is 16.3 Å². The minimum absolute atomic E-state index is 1.12. The Labute approximate surface area is 84.8 Å². The molecule has 1 aromatic rings. The Morgan fingerprint density at radius 1 is 1.36 bits per heavy atom. The van der Waals surface area contributed by atoms with Crippen LogP contribution in [0.4, 0.5) is 5.69 Å². The van der Waals surface area contributed by atoms with Gasteiger partial charge in [0.1, 0.15) is 0 Å². The van der Waals surface area contributed by atoms with Crippen LogP contribution in [0.5, 0.6) is 0 Å². The first kappa shape index (κ1) is 11.1. The maximum atomic E-state index is 3.09. The molecule has 0 saturated heterocycles. The topological polar surface area (TPSA) is 3.24 Å². The summed E-state index contributed by atoms with van der Waals surface area (Å²) in [5.74, 6) is 0. The third kappa shape index (κ3) is 4.55. The third-order valence-electron chi connectivity index (χ3n) is 1.17. The van der Waals surface area contributed by atoms with Crippen molar-refractivity contribution >= 4 is 19.3 Å². The molecule has 56 valence electrons. The van der Waals surface area contributed by atoms with Crippen LogP contribution >= 0.6 is 13.6 Å². The molecule has 0 aliphatic rings. The van der Waals surface area contributed by atoms with Gasteiger partial charge in [0.15, 0.2) is 0 Å². The summed E-state index contributed by atoms with van der Waals surface area (Å²) in [5.41, 5.74) is 1.12. The summed E-state index contributed by atoms with van der Waals surface area (Å²) in [5, 5.41) is 0. The van der Waals surface area contributed by atoms with Gasteiger partial charge in [0.2, 0.25) is 0 Å². The fourth-order valence-electron chi connectivity index (χ4n) is 0.662. The fourth-order valence-corrected chi connectivity index (χ4v) is 0.662. The predicted molar refractivity (Wildman–Crippen MR) is 48.5 cm³/mol. The van der Waals surface area contributed by atoms with Crippen LogP contribution in [0, 0.1) is 6.07 Å². The molecular formula is C8H10BrNZn. The molecule has 0 amide bonds. The number of benzene rings is 1. The zero-order chi connectivity index (χ0) is 8.69. The normalized spacial score (nSPS) is 8.09. The molecule has 0 atom stereocenters. The molecule has 0 N–H and O–H groups in total. The quantitative estimate of drug-likeness (QED) is 0.557. The molecule has 0 aliphatic heterocycles. The summed E-state index contributed by atoms with van der Waals surface area (Å²) in [6, 6.07) is 11.0. The SMILES string of the molecule is CN(C)c1[c-]cccc1.[Zn+][Br]. The van der Waals surface area contributed by atoms with E-state index in [9.17, 15) is 0 Å². The first-order chi connectivity index (χ1) is 5.30. The van der Waals surface area contributed by atoms with Gasteiger partial charge in [-0.3, -0.25) is 0 Å². The number of hydrogen-bond acceptors (Lipinski definition) is 1. The van der Waals surface area contributed by atoms with Gasteiger partial charge in [-0.05, 0) is 0 Å². The summed E-state index contributed by atoms with van der Waals surface area (Å²) in [7, 11) is 4.01. The van der Waals surface area contributed by atoms with E-state index < -0.39 is 0 Å². The van der Waals surface area contributed by atoms with Gasteiger partial charge in [-0.1, -0.05) is 5.69 Å². The average Bonchev–Trinajstić information content (AvgIpc) is 2.10. The first-order valence-corrected chi connectivity index (χ1v) is 10.2. The van der Waals surface area contributed by atoms with Crippen LogP contribution in [0.25, 0.3) is 0 Å². The van der Waals surface area contributed by atoms with Crippen LogP contribution in [0.2, 0.25) is 0 Å². The zero-order valence-electron chi connectivity index (χ0n) is 6.84. The van der Waals surface area contributed by atoms with Crippen LogP contribution in [-0.4, -0.2) is 14.1 Å². The van der Waals surface area contributed by atoms with E-state index in [1.807, 2.05) is 43.3 Å². The van der Waals surface area contributed by atoms with Crippen molar-refractivity contribution in [2.24, 2.45) is 0 Å². The summed E-state index contributed by atoms with van der Waals surface area (Å²) >= 11 is 4.25. The molecule has 0 heterocycles. The van der Waals surface area contributed by atoms with Gasteiger partial charge >= 0.3 is 30.0 Å². The van der Waals surface area contributed by atoms with Crippen LogP contribution in [0.15, 0.2) is 24.3 Å². The summed E-state index contributed by atoms with van der Waals surface area (Å²) in [6.45, 7) is 0. The number of nitrogens with zero attached hydrogens (tertiary/aromatic N) is 1. The van der Waals surface area contributed by atoms with Crippen molar-refractivity contribution < 1.29 is 16.3 Å². The molecular weight excluding hydrogens is 255 g/mol. The standard InChI is InChI=1S/C8H10N.BrH.Zn/c1-9(2)8-6-4-3-5-7-8;;/h3-6H,1-2H3;1H;/q-1;;+2/p-1. The average molecular weight is 265 g/mol. The number of halogens is 1. The van der Waals surface area contributed by atoms with Crippen molar-refractivity contribution in [3.05, 3.63) is 30.3 Å². The van der Waals surface area contributed by atoms with Crippen molar-refractivity contribution in [2.75, 3.05) is 19.0 Å². The Morgan fingerprint density at radius 3 is 2.27 bits per heavy atom. The van der Waals surface area contributed by atoms with E-state index in [2.05, 4.69) is 19.7 Å². The number of rotatable bonds is 1. The molecule has 0 spiro atoms. The molecule has 0 radical (unpaired) electrons. The molecule has 0 unspecified atom stereocenters. The Hall–Kier alpha value is 0.123.